The van der Waals surface area contributed by atoms with E-state index < -0.39 is 49.7 Å². The monoisotopic (exact) mass is 520 g/mol. The summed E-state index contributed by atoms with van der Waals surface area (Å²) in [6, 6.07) is 5.31. The number of nitrogens with one attached hydrogen (secondary N) is 1. The van der Waals surface area contributed by atoms with Crippen molar-refractivity contribution in [2.75, 3.05) is 18.9 Å². The lowest BCUT2D eigenvalue weighted by Crippen LogP contribution is -2.42. The molecule has 0 radical (unpaired) electrons. The van der Waals surface area contributed by atoms with Gasteiger partial charge in [-0.15, -0.1) is 0 Å². The molecule has 3 saturated heterocycles. The van der Waals surface area contributed by atoms with Gasteiger partial charge in [0.15, 0.2) is 29.1 Å². The van der Waals surface area contributed by atoms with Crippen LogP contribution in [0.5, 0.6) is 0 Å². The molecule has 0 aliphatic carbocycles. The van der Waals surface area contributed by atoms with E-state index in [1.165, 1.54) is 10.9 Å². The predicted molar refractivity (Wildman–Crippen MR) is 118 cm³/mol. The first-order chi connectivity index (χ1) is 17.3. The number of anilines is 1. The first kappa shape index (κ1) is 23.1. The number of nitrogens with two attached hydrogens (primary N) is 1. The average molecular weight is 520 g/mol. The minimum absolute atomic E-state index is 0.0589. The van der Waals surface area contributed by atoms with E-state index >= 15 is 0 Å². The number of imidazole rings is 1. The summed E-state index contributed by atoms with van der Waals surface area (Å²) >= 11 is 0. The summed E-state index contributed by atoms with van der Waals surface area (Å²) in [5, 5.41) is 0. The van der Waals surface area contributed by atoms with E-state index in [2.05, 4.69) is 19.9 Å². The molecule has 3 aliphatic heterocycles. The van der Waals surface area contributed by atoms with Crippen molar-refractivity contribution in [2.45, 2.75) is 43.5 Å². The van der Waals surface area contributed by atoms with Crippen LogP contribution < -0.4 is 11.3 Å². The Morgan fingerprint density at radius 3 is 3.00 bits per heavy atom. The van der Waals surface area contributed by atoms with Crippen molar-refractivity contribution in [3.63, 3.8) is 0 Å². The van der Waals surface area contributed by atoms with E-state index in [1.807, 2.05) is 0 Å². The van der Waals surface area contributed by atoms with E-state index in [9.17, 15) is 14.2 Å². The highest BCUT2D eigenvalue weighted by atomic mass is 31.2. The van der Waals surface area contributed by atoms with Gasteiger partial charge in [-0.05, 0) is 19.1 Å². The second-order valence-corrected chi connectivity index (χ2v) is 10.2. The first-order valence-electron chi connectivity index (χ1n) is 11.0. The molecule has 6 rings (SSSR count). The highest BCUT2D eigenvalue weighted by Crippen LogP contribution is 2.57. The van der Waals surface area contributed by atoms with Crippen LogP contribution in [0.25, 0.3) is 11.2 Å². The van der Waals surface area contributed by atoms with Crippen LogP contribution in [0.1, 0.15) is 31.4 Å². The van der Waals surface area contributed by atoms with Gasteiger partial charge in [0.25, 0.3) is 5.56 Å². The number of phosphoric ester groups is 1. The maximum absolute atomic E-state index is 13.2. The van der Waals surface area contributed by atoms with Gasteiger partial charge < -0.3 is 19.9 Å². The highest BCUT2D eigenvalue weighted by molar-refractivity contribution is 7.48. The van der Waals surface area contributed by atoms with Gasteiger partial charge >= 0.3 is 14.0 Å². The number of nitrogen functional groups attached to an aromatic ring is 1. The van der Waals surface area contributed by atoms with Gasteiger partial charge in [0.1, 0.15) is 18.5 Å². The number of hydrogen-bond donors (Lipinski definition) is 2. The molecule has 0 aromatic carbocycles. The lowest BCUT2D eigenvalue weighted by atomic mass is 9.96. The Kier molecular flexibility index (Phi) is 5.35. The minimum Gasteiger partial charge on any atom is -0.424 e. The van der Waals surface area contributed by atoms with Gasteiger partial charge in [0.05, 0.1) is 18.9 Å². The summed E-state index contributed by atoms with van der Waals surface area (Å²) in [5.74, 6) is -0.0997. The third kappa shape index (κ3) is 3.76. The van der Waals surface area contributed by atoms with E-state index in [4.69, 9.17) is 33.5 Å². The normalized spacial score (nSPS) is 33.9. The molecule has 6 atom stereocenters. The molecule has 0 bridgehead atoms. The summed E-state index contributed by atoms with van der Waals surface area (Å²) in [5.41, 5.74) is 4.41. The number of nitrogens with zero attached hydrogens (tertiary/aromatic N) is 4. The molecule has 0 unspecified atom stereocenters. The van der Waals surface area contributed by atoms with Crippen molar-refractivity contribution < 1.29 is 37.1 Å². The summed E-state index contributed by atoms with van der Waals surface area (Å²) < 4.78 is 48.0. The molecule has 3 aromatic heterocycles. The third-order valence-corrected chi connectivity index (χ3v) is 7.71. The van der Waals surface area contributed by atoms with Gasteiger partial charge in [-0.25, -0.2) is 14.3 Å². The van der Waals surface area contributed by atoms with E-state index in [0.717, 1.165) is 0 Å². The molecule has 16 heteroatoms. The largest absolute Gasteiger partial charge is 0.509 e. The summed E-state index contributed by atoms with van der Waals surface area (Å²) in [6.07, 6.45) is -1.08. The quantitative estimate of drug-likeness (QED) is 0.364. The molecule has 3 aromatic rings. The topological polar surface area (TPSA) is 192 Å². The second-order valence-electron chi connectivity index (χ2n) is 8.59. The number of rotatable bonds is 5. The number of aromatic amines is 1. The van der Waals surface area contributed by atoms with Crippen LogP contribution in [0, 0.1) is 0 Å². The number of H-pyrrole nitrogens is 1. The van der Waals surface area contributed by atoms with Gasteiger partial charge in [-0.1, -0.05) is 6.07 Å². The molecule has 0 spiro atoms. The van der Waals surface area contributed by atoms with Crippen LogP contribution in [0.3, 0.4) is 0 Å². The number of phosphoric acid groups is 1. The zero-order chi connectivity index (χ0) is 25.1. The molecule has 15 nitrogen and oxygen atoms in total. The van der Waals surface area contributed by atoms with E-state index in [-0.39, 0.29) is 30.3 Å². The molecule has 6 heterocycles. The SMILES string of the molecule is C[C@@]12OC(=O)O[C@@H]1[C@@H](CO[P@@]1(=O)OCC[C@@H](c3ccccn3)O1)O[C@H]2n1cnc2nc(N)[nH]c(=O)c21. The Morgan fingerprint density at radius 2 is 2.19 bits per heavy atom. The fraction of sp³-hybridized carbons (Fsp3) is 0.450. The maximum atomic E-state index is 13.2. The Morgan fingerprint density at radius 1 is 1.33 bits per heavy atom. The summed E-state index contributed by atoms with van der Waals surface area (Å²) in [4.78, 5) is 39.4. The van der Waals surface area contributed by atoms with Crippen molar-refractivity contribution in [1.29, 1.82) is 0 Å². The summed E-state index contributed by atoms with van der Waals surface area (Å²) in [7, 11) is -3.99. The molecule has 3 aliphatic rings. The Bertz CT molecular complexity index is 1430. The zero-order valence-corrected chi connectivity index (χ0v) is 19.7. The van der Waals surface area contributed by atoms with Crippen molar-refractivity contribution in [2.24, 2.45) is 0 Å². The third-order valence-electron chi connectivity index (χ3n) is 6.23. The van der Waals surface area contributed by atoms with E-state index in [0.29, 0.717) is 12.1 Å². The number of fused-ring (bicyclic) bond motifs is 2. The van der Waals surface area contributed by atoms with Crippen molar-refractivity contribution in [1.82, 2.24) is 24.5 Å². The van der Waals surface area contributed by atoms with Gasteiger partial charge in [-0.3, -0.25) is 32.9 Å². The predicted octanol–water partition coefficient (Wildman–Crippen LogP) is 1.59. The van der Waals surface area contributed by atoms with Crippen LogP contribution >= 0.6 is 7.82 Å². The Hall–Kier alpha value is -3.36. The number of hydrogen-bond acceptors (Lipinski definition) is 13. The maximum Gasteiger partial charge on any atom is 0.509 e. The lowest BCUT2D eigenvalue weighted by Gasteiger charge is -2.29. The second kappa shape index (κ2) is 8.35. The van der Waals surface area contributed by atoms with Crippen LogP contribution in [0.4, 0.5) is 10.7 Å². The molecule has 3 fully saturated rings. The lowest BCUT2D eigenvalue weighted by molar-refractivity contribution is -0.0924. The van der Waals surface area contributed by atoms with Crippen molar-refractivity contribution >= 4 is 31.1 Å². The molecule has 3 N–H and O–H groups in total. The first-order valence-corrected chi connectivity index (χ1v) is 12.5. The molecular formula is C20H21N6O9P. The zero-order valence-electron chi connectivity index (χ0n) is 18.8. The minimum atomic E-state index is -3.99. The number of carbonyl (C=O) groups is 1. The standard InChI is InChI=1S/C20H21N6O9P/c1-20-14(33-19(28)34-20)12(32-17(20)26-9-23-15-13(26)16(27)25-18(21)24-15)8-31-36(29)30-7-5-11(35-36)10-4-2-3-6-22-10/h2-4,6,9,11-12,14,17H,5,7-8H2,1H3,(H3,21,24,25,27)/t11-,12+,14+,17+,20+,36+/m0/s1. The van der Waals surface area contributed by atoms with Crippen molar-refractivity contribution in [3.8, 4) is 0 Å². The number of aromatic nitrogens is 5. The Balaban J connectivity index is 1.25. The number of carbonyl (C=O) groups excluding carboxylic acids is 1. The number of pyridine rings is 1. The molecule has 36 heavy (non-hydrogen) atoms. The fourth-order valence-corrected chi connectivity index (χ4v) is 6.00. The van der Waals surface area contributed by atoms with Crippen LogP contribution in [-0.4, -0.2) is 61.7 Å². The van der Waals surface area contributed by atoms with Crippen LogP contribution in [0.15, 0.2) is 35.5 Å². The molecule has 190 valence electrons. The molecular weight excluding hydrogens is 499 g/mol. The van der Waals surface area contributed by atoms with E-state index in [1.54, 1.807) is 31.3 Å². The van der Waals surface area contributed by atoms with Gasteiger partial charge in [0.2, 0.25) is 5.95 Å². The summed E-state index contributed by atoms with van der Waals surface area (Å²) in [6.45, 7) is 1.39. The average Bonchev–Trinajstić information content (AvgIpc) is 3.47. The smallest absolute Gasteiger partial charge is 0.424 e. The Labute approximate surface area is 202 Å². The van der Waals surface area contributed by atoms with Gasteiger partial charge in [0, 0.05) is 12.6 Å². The highest BCUT2D eigenvalue weighted by Gasteiger charge is 2.64. The molecule has 0 saturated carbocycles. The van der Waals surface area contributed by atoms with Crippen LogP contribution in [0.2, 0.25) is 0 Å². The van der Waals surface area contributed by atoms with Gasteiger partial charge in [-0.2, -0.15) is 4.98 Å². The van der Waals surface area contributed by atoms with Crippen molar-refractivity contribution in [3.05, 3.63) is 46.8 Å². The van der Waals surface area contributed by atoms with Crippen LogP contribution in [-0.2, 0) is 32.3 Å². The number of ether oxygens (including phenoxy) is 3. The fourth-order valence-electron chi connectivity index (χ4n) is 4.62. The molecule has 0 amide bonds.